The van der Waals surface area contributed by atoms with E-state index in [1.165, 1.54) is 12.1 Å². The molecule has 152 valence electrons. The molecule has 1 amide bonds. The maximum Gasteiger partial charge on any atom is 0.435 e. The fourth-order valence-corrected chi connectivity index (χ4v) is 2.56. The van der Waals surface area contributed by atoms with Gasteiger partial charge in [0.15, 0.2) is 17.3 Å². The van der Waals surface area contributed by atoms with Crippen molar-refractivity contribution in [2.75, 3.05) is 5.32 Å². The Hall–Kier alpha value is -3.37. The lowest BCUT2D eigenvalue weighted by molar-refractivity contribution is -0.141. The molecule has 0 unspecified atom stereocenters. The van der Waals surface area contributed by atoms with Crippen LogP contribution in [0.4, 0.5) is 41.2 Å². The summed E-state index contributed by atoms with van der Waals surface area (Å²) in [6.07, 6.45) is -4.95. The van der Waals surface area contributed by atoms with Crippen molar-refractivity contribution in [2.24, 2.45) is 0 Å². The Bertz CT molecular complexity index is 1080. The van der Waals surface area contributed by atoms with Gasteiger partial charge >= 0.3 is 12.2 Å². The molecule has 1 N–H and O–H groups in total. The fourth-order valence-electron chi connectivity index (χ4n) is 2.56. The van der Waals surface area contributed by atoms with E-state index in [9.17, 15) is 35.5 Å². The average Bonchev–Trinajstić information content (AvgIpc) is 3.10. The summed E-state index contributed by atoms with van der Waals surface area (Å²) in [4.78, 5) is 12.3. The normalized spacial score (nSPS) is 11.6. The highest BCUT2D eigenvalue weighted by atomic mass is 19.4. The third-order valence-electron chi connectivity index (χ3n) is 3.87. The van der Waals surface area contributed by atoms with Gasteiger partial charge in [0.1, 0.15) is 12.5 Å². The van der Waals surface area contributed by atoms with Gasteiger partial charge in [-0.3, -0.25) is 0 Å². The third-order valence-corrected chi connectivity index (χ3v) is 3.87. The molecule has 0 saturated carbocycles. The number of rotatable bonds is 3. The number of amides is 1. The van der Waals surface area contributed by atoms with Crippen LogP contribution in [-0.4, -0.2) is 15.8 Å². The van der Waals surface area contributed by atoms with Gasteiger partial charge in [-0.25, -0.2) is 22.4 Å². The van der Waals surface area contributed by atoms with Crippen LogP contribution in [0.3, 0.4) is 0 Å². The maximum atomic E-state index is 14.3. The van der Waals surface area contributed by atoms with Crippen LogP contribution in [0.2, 0.25) is 0 Å². The van der Waals surface area contributed by atoms with Crippen LogP contribution in [-0.2, 0) is 12.9 Å². The SMILES string of the molecule is O=C(Nc1c(-c2cccc(F)c2)ccc(F)c1F)n1nc(C(F)(F)F)cc1CF. The van der Waals surface area contributed by atoms with Crippen molar-refractivity contribution in [2.45, 2.75) is 12.9 Å². The molecule has 0 bridgehead atoms. The summed E-state index contributed by atoms with van der Waals surface area (Å²) in [5.74, 6) is -3.61. The van der Waals surface area contributed by atoms with E-state index in [0.29, 0.717) is 6.07 Å². The highest BCUT2D eigenvalue weighted by molar-refractivity contribution is 5.95. The molecule has 2 aromatic carbocycles. The van der Waals surface area contributed by atoms with E-state index in [1.807, 2.05) is 5.32 Å². The predicted octanol–water partition coefficient (Wildman–Crippen LogP) is 5.54. The number of carbonyl (C=O) groups is 1. The highest BCUT2D eigenvalue weighted by Crippen LogP contribution is 2.33. The Morgan fingerprint density at radius 2 is 1.79 bits per heavy atom. The topological polar surface area (TPSA) is 46.9 Å². The first kappa shape index (κ1) is 20.4. The fraction of sp³-hybridized carbons (Fsp3) is 0.111. The van der Waals surface area contributed by atoms with Gasteiger partial charge in [0, 0.05) is 5.56 Å². The molecule has 0 saturated heterocycles. The monoisotopic (exact) mass is 417 g/mol. The van der Waals surface area contributed by atoms with E-state index < -0.39 is 53.4 Å². The molecule has 0 spiro atoms. The van der Waals surface area contributed by atoms with Crippen LogP contribution in [0.15, 0.2) is 42.5 Å². The number of nitrogens with zero attached hydrogens (tertiary/aromatic N) is 2. The summed E-state index contributed by atoms with van der Waals surface area (Å²) in [5.41, 5.74) is -3.15. The van der Waals surface area contributed by atoms with Gasteiger partial charge in [-0.2, -0.15) is 23.0 Å². The van der Waals surface area contributed by atoms with Crippen molar-refractivity contribution >= 4 is 11.7 Å². The van der Waals surface area contributed by atoms with E-state index in [2.05, 4.69) is 5.10 Å². The van der Waals surface area contributed by atoms with Gasteiger partial charge in [0.25, 0.3) is 0 Å². The molecule has 3 rings (SSSR count). The number of anilines is 1. The molecule has 0 fully saturated rings. The molecule has 0 radical (unpaired) electrons. The van der Waals surface area contributed by atoms with Gasteiger partial charge in [0.05, 0.1) is 11.4 Å². The second-order valence-electron chi connectivity index (χ2n) is 5.79. The summed E-state index contributed by atoms with van der Waals surface area (Å²) < 4.78 is 92.9. The number of hydrogen-bond donors (Lipinski definition) is 1. The predicted molar refractivity (Wildman–Crippen MR) is 88.2 cm³/mol. The molecule has 1 heterocycles. The van der Waals surface area contributed by atoms with Crippen LogP contribution < -0.4 is 5.32 Å². The lowest BCUT2D eigenvalue weighted by Gasteiger charge is -2.14. The molecule has 11 heteroatoms. The molecular formula is C18H10F7N3O. The van der Waals surface area contributed by atoms with E-state index in [-0.39, 0.29) is 15.8 Å². The summed E-state index contributed by atoms with van der Waals surface area (Å²) in [5, 5.41) is 4.86. The Balaban J connectivity index is 2.06. The zero-order valence-electron chi connectivity index (χ0n) is 14.2. The maximum absolute atomic E-state index is 14.3. The summed E-state index contributed by atoms with van der Waals surface area (Å²) in [6.45, 7) is -1.47. The first-order chi connectivity index (χ1) is 13.6. The number of aromatic nitrogens is 2. The molecule has 3 aromatic rings. The van der Waals surface area contributed by atoms with Crippen molar-refractivity contribution < 1.29 is 35.5 Å². The van der Waals surface area contributed by atoms with Gasteiger partial charge in [0.2, 0.25) is 0 Å². The molecule has 0 atom stereocenters. The van der Waals surface area contributed by atoms with E-state index in [0.717, 1.165) is 24.3 Å². The first-order valence-corrected chi connectivity index (χ1v) is 7.89. The number of hydrogen-bond acceptors (Lipinski definition) is 2. The zero-order chi connectivity index (χ0) is 21.3. The Morgan fingerprint density at radius 3 is 2.41 bits per heavy atom. The van der Waals surface area contributed by atoms with Crippen molar-refractivity contribution in [3.63, 3.8) is 0 Å². The van der Waals surface area contributed by atoms with Crippen LogP contribution >= 0.6 is 0 Å². The molecule has 1 aromatic heterocycles. The van der Waals surface area contributed by atoms with Gasteiger partial charge in [-0.05, 0) is 35.9 Å². The zero-order valence-corrected chi connectivity index (χ0v) is 14.2. The Kier molecular flexibility index (Phi) is 5.31. The van der Waals surface area contributed by atoms with Crippen molar-refractivity contribution in [1.82, 2.24) is 9.78 Å². The van der Waals surface area contributed by atoms with Crippen molar-refractivity contribution in [3.05, 3.63) is 71.3 Å². The van der Waals surface area contributed by atoms with E-state index in [1.54, 1.807) is 0 Å². The number of alkyl halides is 4. The largest absolute Gasteiger partial charge is 0.435 e. The summed E-state index contributed by atoms with van der Waals surface area (Å²) in [7, 11) is 0. The van der Waals surface area contributed by atoms with Gasteiger partial charge < -0.3 is 5.32 Å². The number of carbonyl (C=O) groups excluding carboxylic acids is 1. The molecule has 0 aliphatic heterocycles. The van der Waals surface area contributed by atoms with Crippen LogP contribution in [0.25, 0.3) is 11.1 Å². The minimum atomic E-state index is -4.95. The third kappa shape index (κ3) is 4.08. The Morgan fingerprint density at radius 1 is 1.07 bits per heavy atom. The standard InChI is InChI=1S/C18H10F7N3O/c19-8-11-7-14(18(23,24)25)27-28(11)17(29)26-16-12(4-5-13(21)15(16)22)9-2-1-3-10(20)6-9/h1-7H,8H2,(H,26,29). The quantitative estimate of drug-likeness (QED) is 0.570. The summed E-state index contributed by atoms with van der Waals surface area (Å²) >= 11 is 0. The van der Waals surface area contributed by atoms with Gasteiger partial charge in [-0.15, -0.1) is 0 Å². The minimum absolute atomic E-state index is 0.0568. The number of nitrogens with one attached hydrogen (secondary N) is 1. The molecule has 4 nitrogen and oxygen atoms in total. The lowest BCUT2D eigenvalue weighted by Crippen LogP contribution is -2.24. The number of benzene rings is 2. The van der Waals surface area contributed by atoms with Crippen LogP contribution in [0.5, 0.6) is 0 Å². The van der Waals surface area contributed by atoms with Crippen LogP contribution in [0.1, 0.15) is 11.4 Å². The lowest BCUT2D eigenvalue weighted by atomic mass is 10.0. The highest BCUT2D eigenvalue weighted by Gasteiger charge is 2.36. The van der Waals surface area contributed by atoms with E-state index >= 15 is 0 Å². The molecule has 29 heavy (non-hydrogen) atoms. The first-order valence-electron chi connectivity index (χ1n) is 7.89. The van der Waals surface area contributed by atoms with Crippen molar-refractivity contribution in [1.29, 1.82) is 0 Å². The number of halogens is 7. The smallest absolute Gasteiger partial charge is 0.303 e. The molecular weight excluding hydrogens is 407 g/mol. The Labute approximate surface area is 158 Å². The summed E-state index contributed by atoms with van der Waals surface area (Å²) in [6, 6.07) is 5.32. The molecule has 0 aliphatic rings. The molecule has 0 aliphatic carbocycles. The average molecular weight is 417 g/mol. The second kappa shape index (κ2) is 7.57. The minimum Gasteiger partial charge on any atom is -0.303 e. The van der Waals surface area contributed by atoms with Gasteiger partial charge in [-0.1, -0.05) is 12.1 Å². The van der Waals surface area contributed by atoms with Crippen molar-refractivity contribution in [3.8, 4) is 11.1 Å². The second-order valence-corrected chi connectivity index (χ2v) is 5.79. The van der Waals surface area contributed by atoms with Crippen LogP contribution in [0, 0.1) is 17.5 Å². The van der Waals surface area contributed by atoms with E-state index in [4.69, 9.17) is 0 Å².